The maximum Gasteiger partial charge on any atom is 0.610 e. The molecule has 2 aromatic rings. The SMILES string of the molecule is C[n+]1nn(OC(F)(F)F)c2cc(C(F)(F)F)cc(Cl)c21. The van der Waals surface area contributed by atoms with Gasteiger partial charge in [-0.1, -0.05) is 11.6 Å². The molecule has 0 saturated heterocycles. The summed E-state index contributed by atoms with van der Waals surface area (Å²) >= 11 is 5.65. The summed E-state index contributed by atoms with van der Waals surface area (Å²) in [6.45, 7) is 0. The van der Waals surface area contributed by atoms with Crippen LogP contribution < -0.4 is 9.52 Å². The number of hydrogen-bond donors (Lipinski definition) is 0. The fourth-order valence-electron chi connectivity index (χ4n) is 1.59. The van der Waals surface area contributed by atoms with Gasteiger partial charge in [0.2, 0.25) is 11.0 Å². The van der Waals surface area contributed by atoms with Crippen LogP contribution in [-0.2, 0) is 13.2 Å². The van der Waals surface area contributed by atoms with Crippen LogP contribution in [-0.4, -0.2) is 16.4 Å². The molecule has 0 N–H and O–H groups in total. The summed E-state index contributed by atoms with van der Waals surface area (Å²) in [6.07, 6.45) is -9.86. The first-order valence-electron chi connectivity index (χ1n) is 4.91. The maximum atomic E-state index is 12.6. The quantitative estimate of drug-likeness (QED) is 0.597. The van der Waals surface area contributed by atoms with Crippen molar-refractivity contribution in [3.05, 3.63) is 22.7 Å². The van der Waals surface area contributed by atoms with Crippen molar-refractivity contribution in [2.24, 2.45) is 7.05 Å². The molecule has 0 radical (unpaired) electrons. The highest BCUT2D eigenvalue weighted by molar-refractivity contribution is 6.34. The van der Waals surface area contributed by atoms with Crippen LogP contribution in [0.3, 0.4) is 0 Å². The predicted octanol–water partition coefficient (Wildman–Crippen LogP) is 2.48. The summed E-state index contributed by atoms with van der Waals surface area (Å²) < 4.78 is 75.2. The standard InChI is InChI=1S/C9H5ClF6N3O/c1-18-7-5(10)2-4(8(11,12)13)3-6(7)19(17-18)20-9(14,15)16/h2-3H,1H3/q+1. The lowest BCUT2D eigenvalue weighted by atomic mass is 10.2. The lowest BCUT2D eigenvalue weighted by molar-refractivity contribution is -0.712. The Kier molecular flexibility index (Phi) is 3.23. The van der Waals surface area contributed by atoms with E-state index in [1.54, 1.807) is 0 Å². The number of aromatic nitrogens is 3. The zero-order chi connectivity index (χ0) is 15.3. The molecule has 0 fully saturated rings. The molecule has 110 valence electrons. The van der Waals surface area contributed by atoms with Crippen molar-refractivity contribution in [3.63, 3.8) is 0 Å². The van der Waals surface area contributed by atoms with Gasteiger partial charge in [0.25, 0.3) is 0 Å². The van der Waals surface area contributed by atoms with Gasteiger partial charge in [-0.3, -0.25) is 0 Å². The van der Waals surface area contributed by atoms with Crippen molar-refractivity contribution in [1.82, 2.24) is 10.1 Å². The average Bonchev–Trinajstić information content (AvgIpc) is 2.52. The molecule has 1 aromatic carbocycles. The number of alkyl halides is 6. The van der Waals surface area contributed by atoms with Gasteiger partial charge < -0.3 is 0 Å². The number of hydrogen-bond acceptors (Lipinski definition) is 2. The number of halogens is 7. The zero-order valence-electron chi connectivity index (χ0n) is 9.55. The van der Waals surface area contributed by atoms with Gasteiger partial charge in [-0.15, -0.1) is 17.9 Å². The molecular weight excluding hydrogens is 316 g/mol. The van der Waals surface area contributed by atoms with Crippen LogP contribution in [0.5, 0.6) is 0 Å². The van der Waals surface area contributed by atoms with E-state index in [4.69, 9.17) is 11.6 Å². The lowest BCUT2D eigenvalue weighted by Gasteiger charge is -2.06. The number of rotatable bonds is 1. The molecule has 0 atom stereocenters. The second-order valence-corrected chi connectivity index (χ2v) is 4.15. The first kappa shape index (κ1) is 14.7. The molecular formula is C9H5ClF6N3O+. The van der Waals surface area contributed by atoms with Gasteiger partial charge in [0.1, 0.15) is 12.3 Å². The summed E-state index contributed by atoms with van der Waals surface area (Å²) in [5, 5.41) is 2.90. The summed E-state index contributed by atoms with van der Waals surface area (Å²) in [7, 11) is 1.22. The molecule has 0 spiro atoms. The molecule has 0 saturated carbocycles. The molecule has 0 aliphatic carbocycles. The monoisotopic (exact) mass is 320 g/mol. The third-order valence-electron chi connectivity index (χ3n) is 2.31. The van der Waals surface area contributed by atoms with E-state index in [1.807, 2.05) is 0 Å². The van der Waals surface area contributed by atoms with Crippen LogP contribution in [0.1, 0.15) is 5.56 Å². The van der Waals surface area contributed by atoms with Crippen molar-refractivity contribution in [2.45, 2.75) is 12.5 Å². The molecule has 0 aliphatic heterocycles. The van der Waals surface area contributed by atoms with Crippen LogP contribution in [0.4, 0.5) is 26.3 Å². The Bertz CT molecular complexity index is 662. The van der Waals surface area contributed by atoms with Gasteiger partial charge in [-0.2, -0.15) is 13.2 Å². The molecule has 1 aromatic heterocycles. The van der Waals surface area contributed by atoms with Crippen LogP contribution in [0.25, 0.3) is 11.0 Å². The smallest absolute Gasteiger partial charge is 0.202 e. The van der Waals surface area contributed by atoms with Gasteiger partial charge in [0.15, 0.2) is 0 Å². The predicted molar refractivity (Wildman–Crippen MR) is 53.6 cm³/mol. The Hall–Kier alpha value is -1.71. The second-order valence-electron chi connectivity index (χ2n) is 3.75. The largest absolute Gasteiger partial charge is 0.610 e. The molecule has 11 heteroatoms. The number of benzene rings is 1. The molecule has 1 heterocycles. The minimum atomic E-state index is -5.10. The van der Waals surface area contributed by atoms with E-state index in [1.165, 1.54) is 7.05 Å². The van der Waals surface area contributed by atoms with Crippen molar-refractivity contribution in [1.29, 1.82) is 0 Å². The van der Waals surface area contributed by atoms with Crippen LogP contribution >= 0.6 is 11.6 Å². The third-order valence-corrected chi connectivity index (χ3v) is 2.59. The lowest BCUT2D eigenvalue weighted by Crippen LogP contribution is -2.35. The van der Waals surface area contributed by atoms with E-state index >= 15 is 0 Å². The van der Waals surface area contributed by atoms with Crippen LogP contribution in [0.2, 0.25) is 5.02 Å². The van der Waals surface area contributed by atoms with Crippen molar-refractivity contribution >= 4 is 22.6 Å². The summed E-state index contributed by atoms with van der Waals surface area (Å²) in [6, 6.07) is 1.07. The van der Waals surface area contributed by atoms with Gasteiger partial charge >= 0.3 is 12.5 Å². The number of nitrogens with zero attached hydrogens (tertiary/aromatic N) is 3. The topological polar surface area (TPSA) is 30.9 Å². The Balaban J connectivity index is 2.69. The molecule has 0 amide bonds. The summed E-state index contributed by atoms with van der Waals surface area (Å²) in [4.78, 5) is 3.46. The highest BCUT2D eigenvalue weighted by atomic mass is 35.5. The molecule has 2 rings (SSSR count). The minimum absolute atomic E-state index is 0.0591. The molecule has 0 bridgehead atoms. The number of fused-ring (bicyclic) bond motifs is 1. The van der Waals surface area contributed by atoms with Gasteiger partial charge in [0, 0.05) is 6.07 Å². The third kappa shape index (κ3) is 2.74. The van der Waals surface area contributed by atoms with Crippen LogP contribution in [0, 0.1) is 0 Å². The molecule has 0 aliphatic rings. The number of aryl methyl sites for hydroxylation is 1. The first-order chi connectivity index (χ1) is 8.99. The first-order valence-corrected chi connectivity index (χ1v) is 5.29. The summed E-state index contributed by atoms with van der Waals surface area (Å²) in [5.41, 5.74) is -1.88. The van der Waals surface area contributed by atoms with Gasteiger partial charge in [0.05, 0.1) is 15.4 Å². The fraction of sp³-hybridized carbons (Fsp3) is 0.333. The average molecular weight is 321 g/mol. The van der Waals surface area contributed by atoms with Crippen molar-refractivity contribution in [2.75, 3.05) is 0 Å². The Morgan fingerprint density at radius 1 is 1.20 bits per heavy atom. The van der Waals surface area contributed by atoms with E-state index in [2.05, 4.69) is 10.1 Å². The molecule has 4 nitrogen and oxygen atoms in total. The van der Waals surface area contributed by atoms with E-state index in [0.29, 0.717) is 12.1 Å². The highest BCUT2D eigenvalue weighted by Crippen LogP contribution is 2.34. The van der Waals surface area contributed by atoms with Crippen molar-refractivity contribution in [3.8, 4) is 0 Å². The normalized spacial score (nSPS) is 13.0. The fourth-order valence-corrected chi connectivity index (χ4v) is 1.93. The van der Waals surface area contributed by atoms with Crippen LogP contribution in [0.15, 0.2) is 12.1 Å². The highest BCUT2D eigenvalue weighted by Gasteiger charge is 2.39. The van der Waals surface area contributed by atoms with E-state index in [-0.39, 0.29) is 10.4 Å². The summed E-state index contributed by atoms with van der Waals surface area (Å²) in [5.74, 6) is 0. The molecule has 20 heavy (non-hydrogen) atoms. The minimum Gasteiger partial charge on any atom is -0.202 e. The Morgan fingerprint density at radius 2 is 1.80 bits per heavy atom. The van der Waals surface area contributed by atoms with Crippen molar-refractivity contribution < 1.29 is 35.9 Å². The zero-order valence-corrected chi connectivity index (χ0v) is 10.3. The second kappa shape index (κ2) is 4.40. The maximum absolute atomic E-state index is 12.6. The van der Waals surface area contributed by atoms with Gasteiger partial charge in [-0.05, 0) is 6.07 Å². The van der Waals surface area contributed by atoms with E-state index in [0.717, 1.165) is 4.68 Å². The Morgan fingerprint density at radius 3 is 2.30 bits per heavy atom. The van der Waals surface area contributed by atoms with E-state index < -0.39 is 28.6 Å². The van der Waals surface area contributed by atoms with E-state index in [9.17, 15) is 26.3 Å². The molecule has 0 unspecified atom stereocenters. The Labute approximate surface area is 112 Å². The van der Waals surface area contributed by atoms with Gasteiger partial charge in [-0.25, -0.2) is 4.84 Å².